The third-order valence-corrected chi connectivity index (χ3v) is 4.85. The molecule has 0 aliphatic carbocycles. The summed E-state index contributed by atoms with van der Waals surface area (Å²) in [6.45, 7) is 3.93. The molecule has 2 unspecified atom stereocenters. The number of H-pyrrole nitrogens is 1. The number of nitrogens with one attached hydrogen (secondary N) is 1. The summed E-state index contributed by atoms with van der Waals surface area (Å²) in [5, 5.41) is 11.5. The molecular weight excluding hydrogens is 326 g/mol. The molecular formula is C13H14BrN3O3. The molecule has 2 aromatic rings. The zero-order chi connectivity index (χ0) is 14.9. The van der Waals surface area contributed by atoms with Gasteiger partial charge in [-0.05, 0) is 12.5 Å². The van der Waals surface area contributed by atoms with Gasteiger partial charge in [-0.15, -0.1) is 0 Å². The first-order valence-electron chi connectivity index (χ1n) is 6.25. The second kappa shape index (κ2) is 5.70. The maximum Gasteiger partial charge on any atom is 0.273 e. The van der Waals surface area contributed by atoms with E-state index < -0.39 is 4.92 Å². The summed E-state index contributed by atoms with van der Waals surface area (Å²) in [5.74, 6) is -0.0501. The quantitative estimate of drug-likeness (QED) is 0.526. The number of nitro benzene ring substituents is 1. The lowest BCUT2D eigenvalue weighted by atomic mass is 9.94. The molecule has 0 aliphatic rings. The van der Waals surface area contributed by atoms with Crippen molar-refractivity contribution >= 4 is 32.5 Å². The molecule has 0 aliphatic heterocycles. The average molecular weight is 340 g/mol. The molecule has 0 bridgehead atoms. The number of halogens is 1. The molecule has 0 saturated heterocycles. The van der Waals surface area contributed by atoms with Crippen molar-refractivity contribution in [3.63, 3.8) is 0 Å². The normalized spacial score (nSPS) is 14.2. The molecule has 0 radical (unpaired) electrons. The van der Waals surface area contributed by atoms with Crippen molar-refractivity contribution in [2.24, 2.45) is 0 Å². The van der Waals surface area contributed by atoms with Crippen LogP contribution in [0.3, 0.4) is 0 Å². The Bertz CT molecular complexity index is 714. The lowest BCUT2D eigenvalue weighted by Gasteiger charge is -2.17. The van der Waals surface area contributed by atoms with Gasteiger partial charge in [-0.25, -0.2) is 4.98 Å². The molecule has 20 heavy (non-hydrogen) atoms. The van der Waals surface area contributed by atoms with Crippen molar-refractivity contribution in [1.82, 2.24) is 9.97 Å². The standard InChI is InChI=1S/C13H14BrN3O3/c1-3-10(14)7(2)8-4-11-9(5-12(8)17(19)20)13(18)16-6-15-11/h4-7,10H,3H2,1-2H3,(H,15,16,18). The fraction of sp³-hybridized carbons (Fsp3) is 0.385. The van der Waals surface area contributed by atoms with Gasteiger partial charge in [0.05, 0.1) is 22.2 Å². The topological polar surface area (TPSA) is 88.9 Å². The lowest BCUT2D eigenvalue weighted by Crippen LogP contribution is -2.12. The number of rotatable bonds is 4. The van der Waals surface area contributed by atoms with Crippen LogP contribution in [0.4, 0.5) is 5.69 Å². The van der Waals surface area contributed by atoms with E-state index in [1.165, 1.54) is 12.4 Å². The molecule has 0 fully saturated rings. The Hall–Kier alpha value is -1.76. The molecule has 1 N–H and O–H groups in total. The smallest absolute Gasteiger partial charge is 0.273 e. The van der Waals surface area contributed by atoms with Gasteiger partial charge in [0.2, 0.25) is 0 Å². The monoisotopic (exact) mass is 339 g/mol. The third-order valence-electron chi connectivity index (χ3n) is 3.41. The van der Waals surface area contributed by atoms with Gasteiger partial charge in [0.25, 0.3) is 11.2 Å². The van der Waals surface area contributed by atoms with Gasteiger partial charge >= 0.3 is 0 Å². The van der Waals surface area contributed by atoms with Crippen LogP contribution in [0.15, 0.2) is 23.3 Å². The summed E-state index contributed by atoms with van der Waals surface area (Å²) in [4.78, 5) is 29.1. The number of fused-ring (bicyclic) bond motifs is 1. The maximum atomic E-state index is 11.7. The van der Waals surface area contributed by atoms with E-state index in [0.29, 0.717) is 11.1 Å². The van der Waals surface area contributed by atoms with Crippen LogP contribution in [0.1, 0.15) is 31.7 Å². The molecule has 1 aromatic carbocycles. The Labute approximate surface area is 123 Å². The van der Waals surface area contributed by atoms with Crippen LogP contribution in [-0.4, -0.2) is 19.7 Å². The molecule has 1 heterocycles. The Morgan fingerprint density at radius 3 is 2.80 bits per heavy atom. The number of aromatic nitrogens is 2. The largest absolute Gasteiger partial charge is 0.313 e. The van der Waals surface area contributed by atoms with E-state index in [0.717, 1.165) is 6.42 Å². The number of aromatic amines is 1. The number of benzene rings is 1. The molecule has 0 amide bonds. The van der Waals surface area contributed by atoms with Gasteiger partial charge in [-0.2, -0.15) is 0 Å². The highest BCUT2D eigenvalue weighted by atomic mass is 79.9. The molecule has 0 saturated carbocycles. The predicted octanol–water partition coefficient (Wildman–Crippen LogP) is 3.11. The fourth-order valence-corrected chi connectivity index (χ4v) is 2.48. The first-order valence-corrected chi connectivity index (χ1v) is 7.17. The minimum Gasteiger partial charge on any atom is -0.313 e. The molecule has 0 spiro atoms. The predicted molar refractivity (Wildman–Crippen MR) is 80.4 cm³/mol. The maximum absolute atomic E-state index is 11.7. The fourth-order valence-electron chi connectivity index (χ4n) is 2.19. The number of nitrogens with zero attached hydrogens (tertiary/aromatic N) is 2. The molecule has 1 aromatic heterocycles. The number of hydrogen-bond acceptors (Lipinski definition) is 4. The number of alkyl halides is 1. The van der Waals surface area contributed by atoms with Gasteiger partial charge < -0.3 is 4.98 Å². The highest BCUT2D eigenvalue weighted by molar-refractivity contribution is 9.09. The minimum atomic E-state index is -0.451. The molecule has 7 heteroatoms. The zero-order valence-corrected chi connectivity index (χ0v) is 12.7. The summed E-state index contributed by atoms with van der Waals surface area (Å²) in [7, 11) is 0. The second-order valence-electron chi connectivity index (χ2n) is 4.63. The minimum absolute atomic E-state index is 0.0404. The Morgan fingerprint density at radius 2 is 2.20 bits per heavy atom. The van der Waals surface area contributed by atoms with Gasteiger partial charge in [0, 0.05) is 22.4 Å². The number of nitro groups is 1. The van der Waals surface area contributed by atoms with E-state index in [2.05, 4.69) is 25.9 Å². The summed E-state index contributed by atoms with van der Waals surface area (Å²) >= 11 is 3.53. The van der Waals surface area contributed by atoms with Crippen LogP contribution in [0.2, 0.25) is 0 Å². The Kier molecular flexibility index (Phi) is 4.17. The molecule has 2 rings (SSSR count). The first kappa shape index (κ1) is 14.6. The van der Waals surface area contributed by atoms with Crippen molar-refractivity contribution < 1.29 is 4.92 Å². The van der Waals surface area contributed by atoms with E-state index in [1.54, 1.807) is 6.07 Å². The van der Waals surface area contributed by atoms with Gasteiger partial charge in [-0.3, -0.25) is 14.9 Å². The molecule has 106 valence electrons. The van der Waals surface area contributed by atoms with Crippen LogP contribution in [0.25, 0.3) is 10.9 Å². The van der Waals surface area contributed by atoms with Crippen LogP contribution in [0.5, 0.6) is 0 Å². The molecule has 6 nitrogen and oxygen atoms in total. The van der Waals surface area contributed by atoms with E-state index in [1.807, 2.05) is 13.8 Å². The van der Waals surface area contributed by atoms with Crippen LogP contribution in [-0.2, 0) is 0 Å². The highest BCUT2D eigenvalue weighted by Gasteiger charge is 2.25. The van der Waals surface area contributed by atoms with Gasteiger partial charge in [-0.1, -0.05) is 29.8 Å². The van der Waals surface area contributed by atoms with Gasteiger partial charge in [0.1, 0.15) is 0 Å². The Balaban J connectivity index is 2.72. The van der Waals surface area contributed by atoms with Crippen molar-refractivity contribution in [3.8, 4) is 0 Å². The zero-order valence-electron chi connectivity index (χ0n) is 11.1. The summed E-state index contributed by atoms with van der Waals surface area (Å²) in [6.07, 6.45) is 2.15. The molecule has 2 atom stereocenters. The van der Waals surface area contributed by atoms with Crippen molar-refractivity contribution in [2.45, 2.75) is 31.0 Å². The lowest BCUT2D eigenvalue weighted by molar-refractivity contribution is -0.385. The van der Waals surface area contributed by atoms with E-state index in [-0.39, 0.29) is 27.4 Å². The van der Waals surface area contributed by atoms with Crippen LogP contribution < -0.4 is 5.56 Å². The highest BCUT2D eigenvalue weighted by Crippen LogP contribution is 2.34. The second-order valence-corrected chi connectivity index (χ2v) is 5.81. The average Bonchev–Trinajstić information content (AvgIpc) is 2.44. The van der Waals surface area contributed by atoms with Crippen molar-refractivity contribution in [2.75, 3.05) is 0 Å². The van der Waals surface area contributed by atoms with Crippen molar-refractivity contribution in [1.29, 1.82) is 0 Å². The Morgan fingerprint density at radius 1 is 1.50 bits per heavy atom. The van der Waals surface area contributed by atoms with Gasteiger partial charge in [0.15, 0.2) is 0 Å². The van der Waals surface area contributed by atoms with E-state index >= 15 is 0 Å². The SMILES string of the molecule is CCC(Br)C(C)c1cc2nc[nH]c(=O)c2cc1[N+](=O)[O-]. The van der Waals surface area contributed by atoms with E-state index in [4.69, 9.17) is 0 Å². The van der Waals surface area contributed by atoms with Crippen molar-refractivity contribution in [3.05, 3.63) is 44.5 Å². The number of hydrogen-bond donors (Lipinski definition) is 1. The van der Waals surface area contributed by atoms with Crippen LogP contribution in [0, 0.1) is 10.1 Å². The van der Waals surface area contributed by atoms with E-state index in [9.17, 15) is 14.9 Å². The summed E-state index contributed by atoms with van der Waals surface area (Å²) in [5.41, 5.74) is 0.644. The first-order chi connectivity index (χ1) is 9.45. The summed E-state index contributed by atoms with van der Waals surface area (Å²) in [6, 6.07) is 2.94. The van der Waals surface area contributed by atoms with Crippen LogP contribution >= 0.6 is 15.9 Å². The third kappa shape index (κ3) is 2.58. The summed E-state index contributed by atoms with van der Waals surface area (Å²) < 4.78 is 0.